The van der Waals surface area contributed by atoms with Gasteiger partial charge in [-0.15, -0.1) is 0 Å². The Hall–Kier alpha value is -1.32. The number of nitriles is 1. The first-order chi connectivity index (χ1) is 10.1. The van der Waals surface area contributed by atoms with Crippen LogP contribution in [0.25, 0.3) is 0 Å². The Labute approximate surface area is 141 Å². The average molecular weight is 384 g/mol. The van der Waals surface area contributed by atoms with Gasteiger partial charge in [-0.3, -0.25) is 0 Å². The van der Waals surface area contributed by atoms with Crippen LogP contribution in [0.4, 0.5) is 0 Å². The lowest BCUT2D eigenvalue weighted by molar-refractivity contribution is 0.0551. The first kappa shape index (κ1) is 18.7. The van der Waals surface area contributed by atoms with E-state index in [0.29, 0.717) is 16.6 Å². The summed E-state index contributed by atoms with van der Waals surface area (Å²) < 4.78 is 11.3. The summed E-state index contributed by atoms with van der Waals surface area (Å²) in [6, 6.07) is 7.30. The molecule has 0 bridgehead atoms. The van der Waals surface area contributed by atoms with Crippen LogP contribution in [0.5, 0.6) is 5.75 Å². The molecule has 0 amide bonds. The van der Waals surface area contributed by atoms with E-state index in [9.17, 15) is 4.79 Å². The van der Waals surface area contributed by atoms with Crippen molar-refractivity contribution in [2.75, 3.05) is 6.61 Å². The maximum Gasteiger partial charge on any atom is 0.343 e. The summed E-state index contributed by atoms with van der Waals surface area (Å²) in [4.78, 5) is 12.3. The molecule has 1 aromatic carbocycles. The third-order valence-electron chi connectivity index (χ3n) is 3.90. The molecule has 0 saturated heterocycles. The number of nitrogens with zero attached hydrogens (tertiary/aromatic N) is 1. The number of alkyl halides is 1. The first-order valence-electron chi connectivity index (χ1n) is 7.05. The number of carbonyl (C=O) groups excluding carboxylic acids is 1. The molecule has 120 valence electrons. The van der Waals surface area contributed by atoms with Crippen LogP contribution in [-0.4, -0.2) is 20.9 Å². The SMILES string of the molecule is CC(C)(C)[Si](C)(C)Oc1cccc(CBr)c1C(=O)OCC#N. The molecule has 22 heavy (non-hydrogen) atoms. The molecule has 4 nitrogen and oxygen atoms in total. The molecule has 0 spiro atoms. The summed E-state index contributed by atoms with van der Waals surface area (Å²) in [5, 5.41) is 9.12. The van der Waals surface area contributed by atoms with Crippen LogP contribution < -0.4 is 4.43 Å². The molecule has 0 fully saturated rings. The summed E-state index contributed by atoms with van der Waals surface area (Å²) in [6.07, 6.45) is 0. The van der Waals surface area contributed by atoms with Crippen LogP contribution in [0.1, 0.15) is 36.7 Å². The molecule has 0 aliphatic rings. The Morgan fingerprint density at radius 2 is 2.00 bits per heavy atom. The smallest absolute Gasteiger partial charge is 0.343 e. The standard InChI is InChI=1S/C16H22BrNO3Si/c1-16(2,3)22(4,5)21-13-8-6-7-12(11-17)14(13)15(19)20-10-9-18/h6-8H,10-11H2,1-5H3. The fourth-order valence-electron chi connectivity index (χ4n) is 1.60. The van der Waals surface area contributed by atoms with Gasteiger partial charge in [0, 0.05) is 5.33 Å². The van der Waals surface area contributed by atoms with Gasteiger partial charge in [0.1, 0.15) is 17.4 Å². The minimum absolute atomic E-state index is 0.0191. The van der Waals surface area contributed by atoms with Gasteiger partial charge in [-0.25, -0.2) is 4.79 Å². The molecule has 0 aliphatic heterocycles. The van der Waals surface area contributed by atoms with Crippen LogP contribution in [0.15, 0.2) is 18.2 Å². The highest BCUT2D eigenvalue weighted by Crippen LogP contribution is 2.39. The van der Waals surface area contributed by atoms with E-state index in [-0.39, 0.29) is 11.6 Å². The lowest BCUT2D eigenvalue weighted by Gasteiger charge is -2.37. The van der Waals surface area contributed by atoms with Crippen molar-refractivity contribution in [1.82, 2.24) is 0 Å². The van der Waals surface area contributed by atoms with Gasteiger partial charge in [-0.2, -0.15) is 5.26 Å². The minimum atomic E-state index is -2.08. The molecule has 1 aromatic rings. The van der Waals surface area contributed by atoms with Gasteiger partial charge in [0.15, 0.2) is 6.61 Å². The van der Waals surface area contributed by atoms with E-state index in [0.717, 1.165) is 5.56 Å². The van der Waals surface area contributed by atoms with Gasteiger partial charge < -0.3 is 9.16 Å². The fourth-order valence-corrected chi connectivity index (χ4v) is 3.10. The summed E-state index contributed by atoms with van der Waals surface area (Å²) in [7, 11) is -2.08. The number of benzene rings is 1. The molecular weight excluding hydrogens is 362 g/mol. The molecule has 0 atom stereocenters. The summed E-state index contributed by atoms with van der Waals surface area (Å²) in [6.45, 7) is 10.4. The van der Waals surface area contributed by atoms with Gasteiger partial charge in [-0.05, 0) is 29.8 Å². The first-order valence-corrected chi connectivity index (χ1v) is 11.1. The van der Waals surface area contributed by atoms with Gasteiger partial charge in [0.25, 0.3) is 8.32 Å². The van der Waals surface area contributed by atoms with Crippen molar-refractivity contribution in [3.8, 4) is 11.8 Å². The molecule has 1 rings (SSSR count). The van der Waals surface area contributed by atoms with E-state index < -0.39 is 14.3 Å². The third kappa shape index (κ3) is 4.34. The number of ether oxygens (including phenoxy) is 1. The topological polar surface area (TPSA) is 59.3 Å². The minimum Gasteiger partial charge on any atom is -0.543 e. The van der Waals surface area contributed by atoms with Gasteiger partial charge in [-0.1, -0.05) is 48.8 Å². The van der Waals surface area contributed by atoms with Crippen molar-refractivity contribution in [1.29, 1.82) is 5.26 Å². The second kappa shape index (κ2) is 7.29. The number of rotatable bonds is 5. The van der Waals surface area contributed by atoms with E-state index in [1.165, 1.54) is 0 Å². The van der Waals surface area contributed by atoms with E-state index in [1.807, 2.05) is 18.2 Å². The quantitative estimate of drug-likeness (QED) is 0.421. The van der Waals surface area contributed by atoms with Crippen LogP contribution in [0, 0.1) is 11.3 Å². The molecule has 0 heterocycles. The van der Waals surface area contributed by atoms with Crippen molar-refractivity contribution in [3.05, 3.63) is 29.3 Å². The lowest BCUT2D eigenvalue weighted by atomic mass is 10.1. The zero-order chi connectivity index (χ0) is 17.0. The van der Waals surface area contributed by atoms with Crippen molar-refractivity contribution < 1.29 is 14.0 Å². The maximum atomic E-state index is 12.3. The molecule has 0 aliphatic carbocycles. The molecule has 0 saturated carbocycles. The highest BCUT2D eigenvalue weighted by Gasteiger charge is 2.40. The lowest BCUT2D eigenvalue weighted by Crippen LogP contribution is -2.44. The number of esters is 1. The predicted octanol–water partition coefficient (Wildman–Crippen LogP) is 4.65. The van der Waals surface area contributed by atoms with E-state index in [1.54, 1.807) is 6.07 Å². The highest BCUT2D eigenvalue weighted by molar-refractivity contribution is 9.08. The molecule has 0 radical (unpaired) electrons. The van der Waals surface area contributed by atoms with Crippen molar-refractivity contribution in [3.63, 3.8) is 0 Å². The monoisotopic (exact) mass is 383 g/mol. The zero-order valence-corrected chi connectivity index (χ0v) is 16.3. The van der Waals surface area contributed by atoms with E-state index in [2.05, 4.69) is 49.8 Å². The maximum absolute atomic E-state index is 12.3. The second-order valence-corrected chi connectivity index (χ2v) is 11.8. The third-order valence-corrected chi connectivity index (χ3v) is 8.85. The molecule has 6 heteroatoms. The Kier molecular flexibility index (Phi) is 6.21. The zero-order valence-electron chi connectivity index (χ0n) is 13.7. The van der Waals surface area contributed by atoms with Crippen molar-refractivity contribution in [2.45, 2.75) is 44.2 Å². The second-order valence-electron chi connectivity index (χ2n) is 6.52. The van der Waals surface area contributed by atoms with Crippen LogP contribution in [-0.2, 0) is 10.1 Å². The van der Waals surface area contributed by atoms with Crippen LogP contribution >= 0.6 is 15.9 Å². The molecular formula is C16H22BrNO3Si. The Morgan fingerprint density at radius 1 is 1.36 bits per heavy atom. The summed E-state index contributed by atoms with van der Waals surface area (Å²) >= 11 is 3.38. The van der Waals surface area contributed by atoms with Crippen molar-refractivity contribution in [2.24, 2.45) is 0 Å². The predicted molar refractivity (Wildman–Crippen MR) is 92.8 cm³/mol. The molecule has 0 N–H and O–H groups in total. The summed E-state index contributed by atoms with van der Waals surface area (Å²) in [5.74, 6) is 0.0109. The normalized spacial score (nSPS) is 11.7. The number of halogens is 1. The van der Waals surface area contributed by atoms with E-state index >= 15 is 0 Å². The Bertz CT molecular complexity index is 588. The van der Waals surface area contributed by atoms with Gasteiger partial charge in [0.2, 0.25) is 0 Å². The van der Waals surface area contributed by atoms with E-state index in [4.69, 9.17) is 14.4 Å². The average Bonchev–Trinajstić information content (AvgIpc) is 2.42. The fraction of sp³-hybridized carbons (Fsp3) is 0.500. The number of carbonyl (C=O) groups is 1. The van der Waals surface area contributed by atoms with Crippen LogP contribution in [0.2, 0.25) is 18.1 Å². The van der Waals surface area contributed by atoms with Gasteiger partial charge >= 0.3 is 5.97 Å². The van der Waals surface area contributed by atoms with Crippen LogP contribution in [0.3, 0.4) is 0 Å². The van der Waals surface area contributed by atoms with Gasteiger partial charge in [0.05, 0.1) is 0 Å². The number of hydrogen-bond donors (Lipinski definition) is 0. The Morgan fingerprint density at radius 3 is 2.50 bits per heavy atom. The summed E-state index contributed by atoms with van der Waals surface area (Å²) in [5.41, 5.74) is 1.19. The molecule has 0 aromatic heterocycles. The highest BCUT2D eigenvalue weighted by atomic mass is 79.9. The van der Waals surface area contributed by atoms with Crippen molar-refractivity contribution >= 4 is 30.2 Å². The molecule has 0 unspecified atom stereocenters. The number of hydrogen-bond acceptors (Lipinski definition) is 4. The largest absolute Gasteiger partial charge is 0.543 e. The Balaban J connectivity index is 3.26.